The number of thiazole rings is 1. The lowest BCUT2D eigenvalue weighted by Gasteiger charge is -2.00. The molecule has 2 heterocycles. The number of aromatic nitrogens is 1. The van der Waals surface area contributed by atoms with Gasteiger partial charge in [-0.15, -0.1) is 11.3 Å². The first-order valence-corrected chi connectivity index (χ1v) is 8.32. The lowest BCUT2D eigenvalue weighted by Crippen LogP contribution is -1.83. The minimum absolute atomic E-state index is 0.502. The van der Waals surface area contributed by atoms with Crippen molar-refractivity contribution in [1.82, 2.24) is 4.98 Å². The summed E-state index contributed by atoms with van der Waals surface area (Å²) in [5.41, 5.74) is 2.43. The topological polar surface area (TPSA) is 49.8 Å². The average Bonchev–Trinajstić information content (AvgIpc) is 3.31. The van der Waals surface area contributed by atoms with Gasteiger partial charge in [-0.05, 0) is 29.0 Å². The van der Waals surface area contributed by atoms with E-state index in [4.69, 9.17) is 4.42 Å². The van der Waals surface area contributed by atoms with E-state index in [1.807, 2.05) is 23.6 Å². The van der Waals surface area contributed by atoms with Gasteiger partial charge in [0.2, 0.25) is 0 Å². The summed E-state index contributed by atoms with van der Waals surface area (Å²) < 4.78 is 5.28. The summed E-state index contributed by atoms with van der Waals surface area (Å²) >= 11 is 1.46. The summed E-state index contributed by atoms with van der Waals surface area (Å²) in [5.74, 6) is 0.647. The van der Waals surface area contributed by atoms with Crippen molar-refractivity contribution in [3.8, 4) is 17.3 Å². The second kappa shape index (κ2) is 6.15. The second-order valence-electron chi connectivity index (χ2n) is 5.29. The van der Waals surface area contributed by atoms with Crippen molar-refractivity contribution in [2.24, 2.45) is 0 Å². The van der Waals surface area contributed by atoms with E-state index < -0.39 is 0 Å². The maximum absolute atomic E-state index is 9.41. The Morgan fingerprint density at radius 2 is 1.96 bits per heavy atom. The van der Waals surface area contributed by atoms with Crippen LogP contribution in [0.25, 0.3) is 33.7 Å². The minimum Gasteiger partial charge on any atom is -0.465 e. The summed E-state index contributed by atoms with van der Waals surface area (Å²) in [7, 11) is 0. The number of nitriles is 1. The van der Waals surface area contributed by atoms with Crippen LogP contribution < -0.4 is 0 Å². The molecule has 0 N–H and O–H groups in total. The van der Waals surface area contributed by atoms with E-state index >= 15 is 0 Å². The van der Waals surface area contributed by atoms with Crippen LogP contribution in [0.2, 0.25) is 0 Å². The molecule has 4 aromatic rings. The van der Waals surface area contributed by atoms with Crippen molar-refractivity contribution in [3.63, 3.8) is 0 Å². The standard InChI is InChI=1S/C20H12N2OS/c21-12-17(11-18-6-3-9-23-18)20-22-19(13-24-20)16-8-7-14-4-1-2-5-15(14)10-16/h1-11,13H/b17-11+. The minimum atomic E-state index is 0.502. The molecule has 0 bridgehead atoms. The highest BCUT2D eigenvalue weighted by Gasteiger charge is 2.10. The first kappa shape index (κ1) is 14.4. The van der Waals surface area contributed by atoms with Crippen LogP contribution in [0.1, 0.15) is 10.8 Å². The Morgan fingerprint density at radius 3 is 2.75 bits per heavy atom. The molecule has 0 aliphatic heterocycles. The van der Waals surface area contributed by atoms with Crippen molar-refractivity contribution < 1.29 is 4.42 Å². The smallest absolute Gasteiger partial charge is 0.134 e. The molecule has 0 unspecified atom stereocenters. The van der Waals surface area contributed by atoms with E-state index in [9.17, 15) is 5.26 Å². The fourth-order valence-corrected chi connectivity index (χ4v) is 3.33. The SMILES string of the molecule is N#C/C(=C\c1ccco1)c1nc(-c2ccc3ccccc3c2)cs1. The van der Waals surface area contributed by atoms with Crippen molar-refractivity contribution in [3.05, 3.63) is 77.0 Å². The van der Waals surface area contributed by atoms with Crippen molar-refractivity contribution in [2.75, 3.05) is 0 Å². The van der Waals surface area contributed by atoms with Crippen LogP contribution in [0, 0.1) is 11.3 Å². The Morgan fingerprint density at radius 1 is 1.08 bits per heavy atom. The molecule has 114 valence electrons. The summed E-state index contributed by atoms with van der Waals surface area (Å²) in [6.45, 7) is 0. The molecule has 0 saturated heterocycles. The van der Waals surface area contributed by atoms with Crippen LogP contribution in [-0.2, 0) is 0 Å². The third kappa shape index (κ3) is 2.73. The van der Waals surface area contributed by atoms with E-state index in [0.717, 1.165) is 11.3 Å². The predicted octanol–water partition coefficient (Wildman–Crippen LogP) is 5.62. The first-order chi connectivity index (χ1) is 11.8. The number of furan rings is 1. The first-order valence-electron chi connectivity index (χ1n) is 7.44. The summed E-state index contributed by atoms with van der Waals surface area (Å²) in [4.78, 5) is 4.63. The molecular formula is C20H12N2OS. The quantitative estimate of drug-likeness (QED) is 0.459. The van der Waals surface area contributed by atoms with Gasteiger partial charge in [-0.2, -0.15) is 5.26 Å². The van der Waals surface area contributed by atoms with Crippen molar-refractivity contribution in [1.29, 1.82) is 5.26 Å². The fraction of sp³-hybridized carbons (Fsp3) is 0. The maximum atomic E-state index is 9.41. The Kier molecular flexibility index (Phi) is 3.70. The molecule has 0 spiro atoms. The zero-order valence-electron chi connectivity index (χ0n) is 12.6. The third-order valence-electron chi connectivity index (χ3n) is 3.73. The van der Waals surface area contributed by atoms with Gasteiger partial charge in [0.1, 0.15) is 16.8 Å². The average molecular weight is 328 g/mol. The Bertz CT molecular complexity index is 1070. The fourth-order valence-electron chi connectivity index (χ4n) is 2.54. The molecule has 0 fully saturated rings. The van der Waals surface area contributed by atoms with E-state index in [-0.39, 0.29) is 0 Å². The van der Waals surface area contributed by atoms with E-state index in [1.165, 1.54) is 22.1 Å². The maximum Gasteiger partial charge on any atom is 0.134 e. The van der Waals surface area contributed by atoms with Gasteiger partial charge in [-0.25, -0.2) is 4.98 Å². The van der Waals surface area contributed by atoms with Crippen molar-refractivity contribution >= 4 is 33.8 Å². The van der Waals surface area contributed by atoms with Crippen molar-refractivity contribution in [2.45, 2.75) is 0 Å². The van der Waals surface area contributed by atoms with E-state index in [0.29, 0.717) is 16.3 Å². The monoisotopic (exact) mass is 328 g/mol. The normalized spacial score (nSPS) is 11.5. The molecule has 0 saturated carbocycles. The number of benzene rings is 2. The van der Waals surface area contributed by atoms with Gasteiger partial charge in [-0.1, -0.05) is 36.4 Å². The number of hydrogen-bond acceptors (Lipinski definition) is 4. The van der Waals surface area contributed by atoms with Crippen LogP contribution >= 0.6 is 11.3 Å². The highest BCUT2D eigenvalue weighted by atomic mass is 32.1. The van der Waals surface area contributed by atoms with E-state index in [2.05, 4.69) is 41.4 Å². The zero-order valence-corrected chi connectivity index (χ0v) is 13.5. The highest BCUT2D eigenvalue weighted by Crippen LogP contribution is 2.29. The molecule has 0 radical (unpaired) electrons. The van der Waals surface area contributed by atoms with Gasteiger partial charge in [0.05, 0.1) is 17.5 Å². The highest BCUT2D eigenvalue weighted by molar-refractivity contribution is 7.11. The summed E-state index contributed by atoms with van der Waals surface area (Å²) in [6, 6.07) is 20.3. The molecule has 4 rings (SSSR count). The zero-order chi connectivity index (χ0) is 16.4. The molecule has 4 heteroatoms. The van der Waals surface area contributed by atoms with Gasteiger partial charge >= 0.3 is 0 Å². The molecule has 2 aromatic heterocycles. The molecule has 24 heavy (non-hydrogen) atoms. The number of nitrogens with zero attached hydrogens (tertiary/aromatic N) is 2. The second-order valence-corrected chi connectivity index (χ2v) is 6.14. The summed E-state index contributed by atoms with van der Waals surface area (Å²) in [5, 5.41) is 14.5. The molecule has 2 aromatic carbocycles. The van der Waals surface area contributed by atoms with Crippen LogP contribution in [0.3, 0.4) is 0 Å². The van der Waals surface area contributed by atoms with Gasteiger partial charge in [-0.3, -0.25) is 0 Å². The Labute approximate surface area is 143 Å². The van der Waals surface area contributed by atoms with Gasteiger partial charge in [0, 0.05) is 17.0 Å². The number of hydrogen-bond donors (Lipinski definition) is 0. The number of allylic oxidation sites excluding steroid dienone is 1. The van der Waals surface area contributed by atoms with Crippen LogP contribution in [0.4, 0.5) is 0 Å². The Hall–Kier alpha value is -3.16. The molecule has 0 amide bonds. The predicted molar refractivity (Wildman–Crippen MR) is 97.2 cm³/mol. The lowest BCUT2D eigenvalue weighted by atomic mass is 10.1. The number of fused-ring (bicyclic) bond motifs is 1. The van der Waals surface area contributed by atoms with Crippen LogP contribution in [0.15, 0.2) is 70.7 Å². The van der Waals surface area contributed by atoms with Gasteiger partial charge < -0.3 is 4.42 Å². The van der Waals surface area contributed by atoms with Crippen LogP contribution in [0.5, 0.6) is 0 Å². The lowest BCUT2D eigenvalue weighted by molar-refractivity contribution is 0.557. The molecule has 0 aliphatic rings. The van der Waals surface area contributed by atoms with Gasteiger partial charge in [0.25, 0.3) is 0 Å². The third-order valence-corrected chi connectivity index (χ3v) is 4.61. The van der Waals surface area contributed by atoms with E-state index in [1.54, 1.807) is 18.4 Å². The molecule has 0 aliphatic carbocycles. The Balaban J connectivity index is 1.72. The molecule has 3 nitrogen and oxygen atoms in total. The molecular weight excluding hydrogens is 316 g/mol. The van der Waals surface area contributed by atoms with Crippen LogP contribution in [-0.4, -0.2) is 4.98 Å². The molecule has 0 atom stereocenters. The van der Waals surface area contributed by atoms with Gasteiger partial charge in [0.15, 0.2) is 0 Å². The number of rotatable bonds is 3. The largest absolute Gasteiger partial charge is 0.465 e. The summed E-state index contributed by atoms with van der Waals surface area (Å²) in [6.07, 6.45) is 3.30.